The summed E-state index contributed by atoms with van der Waals surface area (Å²) < 4.78 is 12.2. The van der Waals surface area contributed by atoms with Gasteiger partial charge in [-0.05, 0) is 88.5 Å². The summed E-state index contributed by atoms with van der Waals surface area (Å²) in [5.41, 5.74) is 15.3. The van der Waals surface area contributed by atoms with Crippen molar-refractivity contribution in [3.63, 3.8) is 0 Å². The number of hydrogen-bond donors (Lipinski definition) is 0. The Morgan fingerprint density at radius 3 is 1.38 bits per heavy atom. The zero-order chi connectivity index (χ0) is 35.1. The largest absolute Gasteiger partial charge is 0.309 e. The van der Waals surface area contributed by atoms with Gasteiger partial charge in [0.1, 0.15) is 11.0 Å². The van der Waals surface area contributed by atoms with Crippen LogP contribution in [0.2, 0.25) is 0 Å². The van der Waals surface area contributed by atoms with E-state index in [4.69, 9.17) is 8.75 Å². The molecule has 0 bridgehead atoms. The average molecular weight is 697 g/mol. The molecular formula is C48H32N4S. The summed E-state index contributed by atoms with van der Waals surface area (Å²) >= 11 is 1.26. The Balaban J connectivity index is 1.06. The van der Waals surface area contributed by atoms with E-state index in [-0.39, 0.29) is 0 Å². The standard InChI is InChI=1S/C48H32N4S/c1-3-11-33(12-4-1)35-19-25-38(26-20-35)51(39-27-21-36(22-28-39)34-13-5-2-6-14-34)46-32-31-41(47-48(46)50-53-49-47)37-23-29-40(30-24-37)52-44-17-9-7-15-42(44)43-16-8-10-18-45(43)52/h1-32H. The fraction of sp³-hybridized carbons (Fsp3) is 0. The second-order valence-electron chi connectivity index (χ2n) is 13.2. The summed E-state index contributed by atoms with van der Waals surface area (Å²) in [4.78, 5) is 2.29. The smallest absolute Gasteiger partial charge is 0.129 e. The predicted molar refractivity (Wildman–Crippen MR) is 223 cm³/mol. The fourth-order valence-corrected chi connectivity index (χ4v) is 8.12. The lowest BCUT2D eigenvalue weighted by atomic mass is 10.0. The minimum absolute atomic E-state index is 0.873. The van der Waals surface area contributed by atoms with Gasteiger partial charge < -0.3 is 9.47 Å². The maximum absolute atomic E-state index is 4.92. The Morgan fingerprint density at radius 1 is 0.377 bits per heavy atom. The Bertz CT molecular complexity index is 2720. The highest BCUT2D eigenvalue weighted by molar-refractivity contribution is 7.00. The Labute approximate surface area is 311 Å². The first-order valence-corrected chi connectivity index (χ1v) is 18.5. The number of rotatable bonds is 7. The van der Waals surface area contributed by atoms with Crippen molar-refractivity contribution in [3.8, 4) is 39.1 Å². The van der Waals surface area contributed by atoms with Crippen molar-refractivity contribution in [2.75, 3.05) is 4.90 Å². The quantitative estimate of drug-likeness (QED) is 0.166. The number of hydrogen-bond acceptors (Lipinski definition) is 4. The summed E-state index contributed by atoms with van der Waals surface area (Å²) in [5, 5.41) is 2.51. The van der Waals surface area contributed by atoms with Crippen molar-refractivity contribution in [3.05, 3.63) is 194 Å². The number of benzene rings is 8. The molecule has 0 unspecified atom stereocenters. The van der Waals surface area contributed by atoms with Crippen molar-refractivity contribution in [1.29, 1.82) is 0 Å². The molecule has 10 aromatic rings. The third-order valence-electron chi connectivity index (χ3n) is 10.1. The van der Waals surface area contributed by atoms with Crippen LogP contribution < -0.4 is 4.90 Å². The topological polar surface area (TPSA) is 34.0 Å². The molecule has 0 radical (unpaired) electrons. The van der Waals surface area contributed by atoms with Crippen LogP contribution >= 0.6 is 11.7 Å². The molecular weight excluding hydrogens is 665 g/mol. The highest BCUT2D eigenvalue weighted by atomic mass is 32.1. The van der Waals surface area contributed by atoms with E-state index in [0.29, 0.717) is 0 Å². The van der Waals surface area contributed by atoms with E-state index in [1.165, 1.54) is 55.8 Å². The molecule has 0 spiro atoms. The van der Waals surface area contributed by atoms with Crippen molar-refractivity contribution in [1.82, 2.24) is 13.3 Å². The molecule has 250 valence electrons. The number of para-hydroxylation sites is 2. The van der Waals surface area contributed by atoms with Gasteiger partial charge in [0.2, 0.25) is 0 Å². The van der Waals surface area contributed by atoms with Crippen LogP contribution in [0.15, 0.2) is 194 Å². The SMILES string of the molecule is c1ccc(-c2ccc(N(c3ccc(-c4ccccc4)cc3)c3ccc(-c4ccc(-n5c6ccccc6c6ccccc65)cc4)c4nsnc34)cc2)cc1. The van der Waals surface area contributed by atoms with Crippen molar-refractivity contribution in [2.45, 2.75) is 0 Å². The van der Waals surface area contributed by atoms with Crippen LogP contribution in [0.1, 0.15) is 0 Å². The molecule has 2 aromatic heterocycles. The molecule has 8 aromatic carbocycles. The molecule has 0 saturated heterocycles. The van der Waals surface area contributed by atoms with Crippen LogP contribution in [0.3, 0.4) is 0 Å². The maximum atomic E-state index is 4.92. The first-order valence-electron chi connectivity index (χ1n) is 17.8. The van der Waals surface area contributed by atoms with Gasteiger partial charge in [-0.15, -0.1) is 0 Å². The van der Waals surface area contributed by atoms with E-state index in [0.717, 1.165) is 44.9 Å². The van der Waals surface area contributed by atoms with Gasteiger partial charge in [-0.2, -0.15) is 8.75 Å². The Hall–Kier alpha value is -6.82. The highest BCUT2D eigenvalue weighted by Crippen LogP contribution is 2.42. The first kappa shape index (κ1) is 31.0. The molecule has 0 N–H and O–H groups in total. The minimum atomic E-state index is 0.873. The van der Waals surface area contributed by atoms with Crippen molar-refractivity contribution >= 4 is 61.6 Å². The van der Waals surface area contributed by atoms with Crippen molar-refractivity contribution in [2.24, 2.45) is 0 Å². The number of aromatic nitrogens is 3. The zero-order valence-corrected chi connectivity index (χ0v) is 29.5. The molecule has 0 saturated carbocycles. The average Bonchev–Trinajstić information content (AvgIpc) is 3.86. The second-order valence-corrected chi connectivity index (χ2v) is 13.7. The van der Waals surface area contributed by atoms with E-state index in [2.05, 4.69) is 204 Å². The van der Waals surface area contributed by atoms with E-state index in [1.807, 2.05) is 0 Å². The number of fused-ring (bicyclic) bond motifs is 4. The fourth-order valence-electron chi connectivity index (χ4n) is 7.55. The summed E-state index contributed by atoms with van der Waals surface area (Å²) in [6.07, 6.45) is 0. The van der Waals surface area contributed by atoms with Gasteiger partial charge in [0.15, 0.2) is 0 Å². The van der Waals surface area contributed by atoms with Crippen LogP contribution in [0.25, 0.3) is 71.9 Å². The Morgan fingerprint density at radius 2 is 0.830 bits per heavy atom. The van der Waals surface area contributed by atoms with Crippen LogP contribution in [0, 0.1) is 0 Å². The lowest BCUT2D eigenvalue weighted by Crippen LogP contribution is -2.10. The predicted octanol–water partition coefficient (Wildman–Crippen LogP) is 13.3. The molecule has 4 nitrogen and oxygen atoms in total. The van der Waals surface area contributed by atoms with Crippen LogP contribution in [0.4, 0.5) is 17.1 Å². The lowest BCUT2D eigenvalue weighted by Gasteiger charge is -2.26. The molecule has 0 aliphatic carbocycles. The van der Waals surface area contributed by atoms with E-state index < -0.39 is 0 Å². The van der Waals surface area contributed by atoms with Crippen LogP contribution in [0.5, 0.6) is 0 Å². The Kier molecular flexibility index (Phi) is 7.63. The van der Waals surface area contributed by atoms with Gasteiger partial charge in [-0.3, -0.25) is 0 Å². The molecule has 2 heterocycles. The van der Waals surface area contributed by atoms with Crippen LogP contribution in [-0.4, -0.2) is 13.3 Å². The molecule has 53 heavy (non-hydrogen) atoms. The third kappa shape index (κ3) is 5.46. The number of nitrogens with zero attached hydrogens (tertiary/aromatic N) is 4. The molecule has 0 aliphatic rings. The monoisotopic (exact) mass is 696 g/mol. The zero-order valence-electron chi connectivity index (χ0n) is 28.7. The van der Waals surface area contributed by atoms with E-state index >= 15 is 0 Å². The molecule has 0 fully saturated rings. The van der Waals surface area contributed by atoms with Gasteiger partial charge >= 0.3 is 0 Å². The van der Waals surface area contributed by atoms with E-state index in [1.54, 1.807) is 0 Å². The molecule has 10 rings (SSSR count). The summed E-state index contributed by atoms with van der Waals surface area (Å²) in [5.74, 6) is 0. The highest BCUT2D eigenvalue weighted by Gasteiger charge is 2.21. The summed E-state index contributed by atoms with van der Waals surface area (Å²) in [7, 11) is 0. The first-order chi connectivity index (χ1) is 26.3. The molecule has 0 amide bonds. The van der Waals surface area contributed by atoms with Gasteiger partial charge in [0.05, 0.1) is 28.4 Å². The minimum Gasteiger partial charge on any atom is -0.309 e. The van der Waals surface area contributed by atoms with Gasteiger partial charge in [0, 0.05) is 33.4 Å². The van der Waals surface area contributed by atoms with Crippen molar-refractivity contribution < 1.29 is 0 Å². The third-order valence-corrected chi connectivity index (χ3v) is 10.6. The molecule has 5 heteroatoms. The van der Waals surface area contributed by atoms with Gasteiger partial charge in [0.25, 0.3) is 0 Å². The molecule has 0 aliphatic heterocycles. The number of anilines is 3. The normalized spacial score (nSPS) is 11.4. The second kappa shape index (κ2) is 13.1. The van der Waals surface area contributed by atoms with Crippen LogP contribution in [-0.2, 0) is 0 Å². The van der Waals surface area contributed by atoms with Gasteiger partial charge in [-0.1, -0.05) is 133 Å². The summed E-state index contributed by atoms with van der Waals surface area (Å²) in [6.45, 7) is 0. The molecule has 0 atom stereocenters. The van der Waals surface area contributed by atoms with E-state index in [9.17, 15) is 0 Å². The van der Waals surface area contributed by atoms with Gasteiger partial charge in [-0.25, -0.2) is 0 Å². The maximum Gasteiger partial charge on any atom is 0.129 e. The lowest BCUT2D eigenvalue weighted by molar-refractivity contribution is 1.18. The summed E-state index contributed by atoms with van der Waals surface area (Å²) in [6, 6.07) is 69.0.